The van der Waals surface area contributed by atoms with Crippen LogP contribution in [0.4, 0.5) is 0 Å². The molecule has 13 heavy (non-hydrogen) atoms. The highest BCUT2D eigenvalue weighted by atomic mass is 16.3. The normalized spacial score (nSPS) is 19.2. The van der Waals surface area contributed by atoms with Crippen LogP contribution in [0, 0.1) is 5.92 Å². The number of nitrogens with one attached hydrogen (secondary N) is 1. The second-order valence-electron chi connectivity index (χ2n) is 3.69. The Labute approximate surface area is 80.3 Å². The third-order valence-electron chi connectivity index (χ3n) is 2.62. The van der Waals surface area contributed by atoms with Crippen molar-refractivity contribution in [1.29, 1.82) is 0 Å². The van der Waals surface area contributed by atoms with Crippen LogP contribution in [0.1, 0.15) is 26.2 Å². The van der Waals surface area contributed by atoms with E-state index in [2.05, 4.69) is 18.3 Å². The Balaban J connectivity index is 2.43. The SMILES string of the molecule is CNCCC(C)C1=CC=C(O)CC1. The van der Waals surface area contributed by atoms with Crippen LogP contribution in [0.15, 0.2) is 23.5 Å². The zero-order chi connectivity index (χ0) is 9.68. The molecule has 0 saturated carbocycles. The summed E-state index contributed by atoms with van der Waals surface area (Å²) in [5, 5.41) is 12.3. The zero-order valence-electron chi connectivity index (χ0n) is 8.51. The van der Waals surface area contributed by atoms with Crippen LogP contribution >= 0.6 is 0 Å². The van der Waals surface area contributed by atoms with Crippen LogP contribution in [-0.4, -0.2) is 18.7 Å². The number of rotatable bonds is 4. The average molecular weight is 181 g/mol. The van der Waals surface area contributed by atoms with E-state index < -0.39 is 0 Å². The highest BCUT2D eigenvalue weighted by molar-refractivity contribution is 5.21. The minimum absolute atomic E-state index is 0.518. The van der Waals surface area contributed by atoms with Crippen molar-refractivity contribution in [2.24, 2.45) is 5.92 Å². The lowest BCUT2D eigenvalue weighted by molar-refractivity contribution is 0.381. The molecular weight excluding hydrogens is 162 g/mol. The molecule has 0 amide bonds. The van der Waals surface area contributed by atoms with Crippen molar-refractivity contribution < 1.29 is 5.11 Å². The van der Waals surface area contributed by atoms with Gasteiger partial charge in [0.05, 0.1) is 5.76 Å². The van der Waals surface area contributed by atoms with Gasteiger partial charge in [0.15, 0.2) is 0 Å². The lowest BCUT2D eigenvalue weighted by Gasteiger charge is -2.18. The zero-order valence-corrected chi connectivity index (χ0v) is 8.51. The fraction of sp³-hybridized carbons (Fsp3) is 0.636. The van der Waals surface area contributed by atoms with Crippen LogP contribution in [0.5, 0.6) is 0 Å². The fourth-order valence-electron chi connectivity index (χ4n) is 1.60. The van der Waals surface area contributed by atoms with Crippen molar-refractivity contribution in [2.45, 2.75) is 26.2 Å². The summed E-state index contributed by atoms with van der Waals surface area (Å²) in [5.74, 6) is 1.15. The molecule has 0 bridgehead atoms. The summed E-state index contributed by atoms with van der Waals surface area (Å²) in [6.07, 6.45) is 6.91. The summed E-state index contributed by atoms with van der Waals surface area (Å²) < 4.78 is 0. The van der Waals surface area contributed by atoms with Gasteiger partial charge in [-0.1, -0.05) is 18.6 Å². The molecule has 0 aromatic rings. The summed E-state index contributed by atoms with van der Waals surface area (Å²) in [4.78, 5) is 0. The van der Waals surface area contributed by atoms with Crippen LogP contribution in [0.3, 0.4) is 0 Å². The van der Waals surface area contributed by atoms with Crippen molar-refractivity contribution in [3.63, 3.8) is 0 Å². The molecule has 1 aliphatic rings. The quantitative estimate of drug-likeness (QED) is 0.698. The molecule has 2 nitrogen and oxygen atoms in total. The molecule has 2 N–H and O–H groups in total. The summed E-state index contributed by atoms with van der Waals surface area (Å²) in [7, 11) is 1.98. The molecule has 0 aromatic carbocycles. The first-order valence-electron chi connectivity index (χ1n) is 4.97. The Hall–Kier alpha value is -0.760. The standard InChI is InChI=1S/C11H19NO/c1-9(7-8-12-2)10-3-5-11(13)6-4-10/h3,5,9,12-13H,4,6-8H2,1-2H3. The molecule has 0 spiro atoms. The summed E-state index contributed by atoms with van der Waals surface area (Å²) in [6, 6.07) is 0. The molecule has 0 radical (unpaired) electrons. The largest absolute Gasteiger partial charge is 0.512 e. The summed E-state index contributed by atoms with van der Waals surface area (Å²) in [5.41, 5.74) is 1.47. The molecular formula is C11H19NO. The lowest BCUT2D eigenvalue weighted by Crippen LogP contribution is -2.13. The third-order valence-corrected chi connectivity index (χ3v) is 2.62. The van der Waals surface area contributed by atoms with Gasteiger partial charge in [-0.2, -0.15) is 0 Å². The number of hydrogen-bond donors (Lipinski definition) is 2. The molecule has 0 saturated heterocycles. The number of allylic oxidation sites excluding steroid dienone is 4. The molecule has 0 aromatic heterocycles. The van der Waals surface area contributed by atoms with Crippen molar-refractivity contribution in [3.8, 4) is 0 Å². The molecule has 0 aliphatic heterocycles. The van der Waals surface area contributed by atoms with Crippen LogP contribution in [0.2, 0.25) is 0 Å². The predicted molar refractivity (Wildman–Crippen MR) is 55.7 cm³/mol. The molecule has 1 aliphatic carbocycles. The maximum atomic E-state index is 9.19. The molecule has 1 atom stereocenters. The van der Waals surface area contributed by atoms with E-state index in [4.69, 9.17) is 0 Å². The van der Waals surface area contributed by atoms with Gasteiger partial charge >= 0.3 is 0 Å². The fourth-order valence-corrected chi connectivity index (χ4v) is 1.60. The first-order chi connectivity index (χ1) is 6.24. The highest BCUT2D eigenvalue weighted by Crippen LogP contribution is 2.24. The number of aliphatic hydroxyl groups excluding tert-OH is 1. The minimum atomic E-state index is 0.518. The van der Waals surface area contributed by atoms with E-state index in [0.29, 0.717) is 11.7 Å². The second kappa shape index (κ2) is 5.07. The molecule has 74 valence electrons. The van der Waals surface area contributed by atoms with E-state index >= 15 is 0 Å². The van der Waals surface area contributed by atoms with Crippen LogP contribution in [-0.2, 0) is 0 Å². The highest BCUT2D eigenvalue weighted by Gasteiger charge is 2.11. The Bertz CT molecular complexity index is 218. The van der Waals surface area contributed by atoms with E-state index in [9.17, 15) is 5.11 Å². The van der Waals surface area contributed by atoms with Crippen molar-refractivity contribution in [3.05, 3.63) is 23.5 Å². The van der Waals surface area contributed by atoms with E-state index in [1.54, 1.807) is 0 Å². The van der Waals surface area contributed by atoms with Crippen LogP contribution < -0.4 is 5.32 Å². The predicted octanol–water partition coefficient (Wildman–Crippen LogP) is 2.39. The monoisotopic (exact) mass is 181 g/mol. The second-order valence-corrected chi connectivity index (χ2v) is 3.69. The lowest BCUT2D eigenvalue weighted by atomic mass is 9.90. The van der Waals surface area contributed by atoms with E-state index in [-0.39, 0.29) is 0 Å². The maximum absolute atomic E-state index is 9.19. The Morgan fingerprint density at radius 3 is 2.77 bits per heavy atom. The van der Waals surface area contributed by atoms with Gasteiger partial charge < -0.3 is 10.4 Å². The van der Waals surface area contributed by atoms with Crippen molar-refractivity contribution in [1.82, 2.24) is 5.32 Å². The third kappa shape index (κ3) is 3.23. The Morgan fingerprint density at radius 1 is 1.46 bits per heavy atom. The molecule has 0 fully saturated rings. The maximum Gasteiger partial charge on any atom is 0.0925 e. The Kier molecular flexibility index (Phi) is 4.03. The molecule has 1 rings (SSSR count). The minimum Gasteiger partial charge on any atom is -0.512 e. The van der Waals surface area contributed by atoms with E-state index in [0.717, 1.165) is 19.4 Å². The molecule has 0 heterocycles. The van der Waals surface area contributed by atoms with Crippen molar-refractivity contribution >= 4 is 0 Å². The first-order valence-corrected chi connectivity index (χ1v) is 4.97. The van der Waals surface area contributed by atoms with Crippen molar-refractivity contribution in [2.75, 3.05) is 13.6 Å². The van der Waals surface area contributed by atoms with Gasteiger partial charge in [-0.3, -0.25) is 0 Å². The molecule has 1 unspecified atom stereocenters. The summed E-state index contributed by atoms with van der Waals surface area (Å²) >= 11 is 0. The van der Waals surface area contributed by atoms with Gasteiger partial charge in [-0.25, -0.2) is 0 Å². The molecule has 2 heteroatoms. The van der Waals surface area contributed by atoms with Gasteiger partial charge in [0.25, 0.3) is 0 Å². The van der Waals surface area contributed by atoms with Gasteiger partial charge in [0.1, 0.15) is 0 Å². The smallest absolute Gasteiger partial charge is 0.0925 e. The van der Waals surface area contributed by atoms with Gasteiger partial charge in [0, 0.05) is 6.42 Å². The van der Waals surface area contributed by atoms with E-state index in [1.165, 1.54) is 12.0 Å². The topological polar surface area (TPSA) is 32.3 Å². The Morgan fingerprint density at radius 2 is 2.23 bits per heavy atom. The van der Waals surface area contributed by atoms with Gasteiger partial charge in [-0.05, 0) is 38.4 Å². The van der Waals surface area contributed by atoms with Gasteiger partial charge in [-0.15, -0.1) is 0 Å². The van der Waals surface area contributed by atoms with Crippen LogP contribution in [0.25, 0.3) is 0 Å². The van der Waals surface area contributed by atoms with E-state index in [1.807, 2.05) is 13.1 Å². The number of hydrogen-bond acceptors (Lipinski definition) is 2. The summed E-state index contributed by atoms with van der Waals surface area (Å²) in [6.45, 7) is 3.31. The number of aliphatic hydroxyl groups is 1. The first kappa shape index (κ1) is 10.3. The average Bonchev–Trinajstić information content (AvgIpc) is 2.15. The van der Waals surface area contributed by atoms with Gasteiger partial charge in [0.2, 0.25) is 0 Å².